The first-order valence-electron chi connectivity index (χ1n) is 7.58. The van der Waals surface area contributed by atoms with Gasteiger partial charge in [0.1, 0.15) is 5.78 Å². The zero-order valence-corrected chi connectivity index (χ0v) is 19.7. The third-order valence-electron chi connectivity index (χ3n) is 4.32. The highest BCUT2D eigenvalue weighted by Crippen LogP contribution is 2.37. The average molecular weight is 587 g/mol. The predicted molar refractivity (Wildman–Crippen MR) is 120 cm³/mol. The van der Waals surface area contributed by atoms with E-state index in [4.69, 9.17) is 23.2 Å². The van der Waals surface area contributed by atoms with Crippen LogP contribution in [0, 0.1) is 21.0 Å². The molecule has 2 atom stereocenters. The van der Waals surface area contributed by atoms with Crippen molar-refractivity contribution in [3.05, 3.63) is 63.7 Å². The van der Waals surface area contributed by atoms with Crippen molar-refractivity contribution in [2.24, 2.45) is 0 Å². The Kier molecular flexibility index (Phi) is 7.02. The van der Waals surface area contributed by atoms with Crippen LogP contribution in [0.15, 0.2) is 24.3 Å². The number of Topliss-reactive ketones (excluding diaryl/α,β-unsaturated/α-hetero) is 1. The predicted octanol–water partition coefficient (Wildman–Crippen LogP) is 7.30. The second-order valence-electron chi connectivity index (χ2n) is 6.08. The van der Waals surface area contributed by atoms with E-state index in [0.29, 0.717) is 10.0 Å². The molecule has 0 amide bonds. The number of ketones is 1. The first-order chi connectivity index (χ1) is 11.1. The molecule has 2 unspecified atom stereocenters. The van der Waals surface area contributed by atoms with Crippen LogP contribution in [-0.4, -0.2) is 5.78 Å². The monoisotopic (exact) mass is 586 g/mol. The van der Waals surface area contributed by atoms with E-state index in [2.05, 4.69) is 57.3 Å². The van der Waals surface area contributed by atoms with Gasteiger partial charge in [-0.05, 0) is 106 Å². The molecule has 0 aliphatic carbocycles. The van der Waals surface area contributed by atoms with Gasteiger partial charge in [0.15, 0.2) is 0 Å². The van der Waals surface area contributed by atoms with Crippen LogP contribution in [0.2, 0.25) is 10.0 Å². The number of benzene rings is 2. The Labute approximate surface area is 180 Å². The molecule has 2 aromatic rings. The van der Waals surface area contributed by atoms with Crippen molar-refractivity contribution in [2.45, 2.75) is 39.5 Å². The maximum Gasteiger partial charge on any atom is 0.147 e. The highest BCUT2D eigenvalue weighted by atomic mass is 127. The van der Waals surface area contributed by atoms with Crippen molar-refractivity contribution in [1.82, 2.24) is 0 Å². The average Bonchev–Trinajstić information content (AvgIpc) is 2.43. The molecule has 0 heterocycles. The summed E-state index contributed by atoms with van der Waals surface area (Å²) in [6.07, 6.45) is 0. The van der Waals surface area contributed by atoms with Crippen molar-refractivity contribution in [3.63, 3.8) is 0 Å². The fourth-order valence-electron chi connectivity index (χ4n) is 3.18. The van der Waals surface area contributed by atoms with E-state index >= 15 is 0 Å². The van der Waals surface area contributed by atoms with Crippen LogP contribution in [0.1, 0.15) is 47.9 Å². The number of carbonyl (C=O) groups is 1. The van der Waals surface area contributed by atoms with Crippen molar-refractivity contribution >= 4 is 74.2 Å². The Morgan fingerprint density at radius 3 is 1.46 bits per heavy atom. The molecular formula is C19H18Cl2I2O. The molecule has 0 aliphatic heterocycles. The van der Waals surface area contributed by atoms with E-state index in [-0.39, 0.29) is 17.6 Å². The van der Waals surface area contributed by atoms with E-state index in [9.17, 15) is 4.79 Å². The SMILES string of the molecule is Cc1cc(I)cc(Cl)c1C(C)C(=O)C(C)c1c(C)cc(I)cc1Cl. The van der Waals surface area contributed by atoms with Gasteiger partial charge >= 0.3 is 0 Å². The summed E-state index contributed by atoms with van der Waals surface area (Å²) >= 11 is 17.3. The smallest absolute Gasteiger partial charge is 0.147 e. The van der Waals surface area contributed by atoms with Gasteiger partial charge < -0.3 is 0 Å². The zero-order chi connectivity index (χ0) is 18.2. The molecule has 2 rings (SSSR count). The summed E-state index contributed by atoms with van der Waals surface area (Å²) in [6.45, 7) is 7.85. The van der Waals surface area contributed by atoms with Crippen LogP contribution in [0.5, 0.6) is 0 Å². The molecule has 0 saturated carbocycles. The van der Waals surface area contributed by atoms with Crippen LogP contribution >= 0.6 is 68.4 Å². The standard InChI is InChI=1S/C19H18Cl2I2O/c1-9-5-13(22)7-15(20)17(9)11(3)19(24)12(4)18-10(2)6-14(23)8-16(18)21/h5-8,11-12H,1-4H3. The second-order valence-corrected chi connectivity index (χ2v) is 9.39. The Morgan fingerprint density at radius 1 is 0.833 bits per heavy atom. The quantitative estimate of drug-likeness (QED) is 0.344. The molecule has 0 bridgehead atoms. The Morgan fingerprint density at radius 2 is 1.17 bits per heavy atom. The van der Waals surface area contributed by atoms with Gasteiger partial charge in [0, 0.05) is 29.0 Å². The highest BCUT2D eigenvalue weighted by molar-refractivity contribution is 14.1. The topological polar surface area (TPSA) is 17.1 Å². The number of aryl methyl sites for hydroxylation is 2. The molecule has 0 aliphatic rings. The lowest BCUT2D eigenvalue weighted by Gasteiger charge is -2.22. The number of halogens is 4. The largest absolute Gasteiger partial charge is 0.298 e. The normalized spacial score (nSPS) is 13.7. The fourth-order valence-corrected chi connectivity index (χ4v) is 5.97. The minimum absolute atomic E-state index is 0.132. The van der Waals surface area contributed by atoms with Gasteiger partial charge in [-0.15, -0.1) is 0 Å². The maximum atomic E-state index is 13.1. The number of rotatable bonds is 4. The minimum atomic E-state index is -0.278. The Bertz CT molecular complexity index is 690. The summed E-state index contributed by atoms with van der Waals surface area (Å²) < 4.78 is 2.14. The fraction of sp³-hybridized carbons (Fsp3) is 0.316. The molecule has 2 aromatic carbocycles. The van der Waals surface area contributed by atoms with Gasteiger partial charge in [-0.1, -0.05) is 37.0 Å². The van der Waals surface area contributed by atoms with Crippen LogP contribution in [-0.2, 0) is 4.79 Å². The molecule has 0 saturated heterocycles. The number of hydrogen-bond acceptors (Lipinski definition) is 1. The van der Waals surface area contributed by atoms with E-state index in [1.807, 2.05) is 39.8 Å². The van der Waals surface area contributed by atoms with E-state index in [1.54, 1.807) is 0 Å². The molecule has 0 fully saturated rings. The molecule has 0 spiro atoms. The van der Waals surface area contributed by atoms with Gasteiger partial charge in [-0.3, -0.25) is 4.79 Å². The third-order valence-corrected chi connectivity index (χ3v) is 6.19. The van der Waals surface area contributed by atoms with E-state index < -0.39 is 0 Å². The molecule has 1 nitrogen and oxygen atoms in total. The molecule has 128 valence electrons. The lowest BCUT2D eigenvalue weighted by atomic mass is 9.83. The van der Waals surface area contributed by atoms with Crippen molar-refractivity contribution in [2.75, 3.05) is 0 Å². The summed E-state index contributed by atoms with van der Waals surface area (Å²) in [5.41, 5.74) is 3.91. The van der Waals surface area contributed by atoms with Crippen LogP contribution in [0.4, 0.5) is 0 Å². The van der Waals surface area contributed by atoms with Gasteiger partial charge in [0.2, 0.25) is 0 Å². The first kappa shape index (κ1) is 20.5. The summed E-state index contributed by atoms with van der Waals surface area (Å²) in [6, 6.07) is 7.92. The van der Waals surface area contributed by atoms with Crippen molar-refractivity contribution in [3.8, 4) is 0 Å². The minimum Gasteiger partial charge on any atom is -0.298 e. The first-order valence-corrected chi connectivity index (χ1v) is 10.5. The summed E-state index contributed by atoms with van der Waals surface area (Å²) in [7, 11) is 0. The van der Waals surface area contributed by atoms with Gasteiger partial charge in [0.05, 0.1) is 0 Å². The van der Waals surface area contributed by atoms with Crippen LogP contribution in [0.25, 0.3) is 0 Å². The summed E-state index contributed by atoms with van der Waals surface area (Å²) in [5, 5.41) is 1.30. The molecule has 0 N–H and O–H groups in total. The third kappa shape index (κ3) is 4.27. The van der Waals surface area contributed by atoms with Gasteiger partial charge in [-0.2, -0.15) is 0 Å². The highest BCUT2D eigenvalue weighted by Gasteiger charge is 2.28. The molecular weight excluding hydrogens is 569 g/mol. The molecule has 24 heavy (non-hydrogen) atoms. The lowest BCUT2D eigenvalue weighted by molar-refractivity contribution is -0.121. The van der Waals surface area contributed by atoms with Gasteiger partial charge in [0.25, 0.3) is 0 Å². The van der Waals surface area contributed by atoms with Crippen molar-refractivity contribution in [1.29, 1.82) is 0 Å². The van der Waals surface area contributed by atoms with Crippen LogP contribution < -0.4 is 0 Å². The number of hydrogen-bond donors (Lipinski definition) is 0. The Hall–Kier alpha value is 0.150. The lowest BCUT2D eigenvalue weighted by Crippen LogP contribution is -2.19. The molecule has 0 aromatic heterocycles. The summed E-state index contributed by atoms with van der Waals surface area (Å²) in [4.78, 5) is 13.1. The van der Waals surface area contributed by atoms with Gasteiger partial charge in [-0.25, -0.2) is 0 Å². The Balaban J connectivity index is 2.42. The van der Waals surface area contributed by atoms with E-state index in [0.717, 1.165) is 29.4 Å². The molecule has 5 heteroatoms. The second kappa shape index (κ2) is 8.23. The summed E-state index contributed by atoms with van der Waals surface area (Å²) in [5.74, 6) is -0.425. The van der Waals surface area contributed by atoms with E-state index in [1.165, 1.54) is 0 Å². The zero-order valence-electron chi connectivity index (χ0n) is 13.9. The van der Waals surface area contributed by atoms with Crippen molar-refractivity contribution < 1.29 is 4.79 Å². The number of carbonyl (C=O) groups excluding carboxylic acids is 1. The molecule has 0 radical (unpaired) electrons. The van der Waals surface area contributed by atoms with Crippen LogP contribution in [0.3, 0.4) is 0 Å². The maximum absolute atomic E-state index is 13.1.